The summed E-state index contributed by atoms with van der Waals surface area (Å²) in [7, 11) is 0. The van der Waals surface area contributed by atoms with E-state index >= 15 is 0 Å². The summed E-state index contributed by atoms with van der Waals surface area (Å²) in [6.07, 6.45) is -0.571. The largest absolute Gasteiger partial charge is 0.506 e. The monoisotopic (exact) mass is 564 g/mol. The highest BCUT2D eigenvalue weighted by molar-refractivity contribution is 7.13. The minimum atomic E-state index is -4.83. The lowest BCUT2D eigenvalue weighted by atomic mass is 9.96. The standard InChI is InChI=1S/C23H23F3N8O4S/c1-11(32-20(37)14-7-18(31-10-30-14)34-4-2-12(3-5-34)19(27)36)22-29-9-16(39-22)21(38)33-17-6-13(23(24,25)26)15(35)8-28-17/h6-12,35H,2-5H2,1H3,(H2,27,36)(H,32,37)(H,28,33,38). The summed E-state index contributed by atoms with van der Waals surface area (Å²) < 4.78 is 39.0. The summed E-state index contributed by atoms with van der Waals surface area (Å²) >= 11 is 0.931. The van der Waals surface area contributed by atoms with E-state index in [2.05, 4.69) is 30.6 Å². The maximum absolute atomic E-state index is 13.0. The molecule has 5 N–H and O–H groups in total. The highest BCUT2D eigenvalue weighted by Gasteiger charge is 2.34. The number of nitrogens with one attached hydrogen (secondary N) is 2. The van der Waals surface area contributed by atoms with Gasteiger partial charge in [0.25, 0.3) is 11.8 Å². The molecule has 0 spiro atoms. The van der Waals surface area contributed by atoms with Gasteiger partial charge in [-0.3, -0.25) is 14.4 Å². The van der Waals surface area contributed by atoms with E-state index in [9.17, 15) is 32.7 Å². The smallest absolute Gasteiger partial charge is 0.420 e. The molecule has 0 bridgehead atoms. The number of alkyl halides is 3. The second-order valence-corrected chi connectivity index (χ2v) is 9.78. The van der Waals surface area contributed by atoms with Crippen molar-refractivity contribution in [3.63, 3.8) is 0 Å². The summed E-state index contributed by atoms with van der Waals surface area (Å²) in [6.45, 7) is 2.76. The molecule has 0 aromatic carbocycles. The Morgan fingerprint density at radius 3 is 2.49 bits per heavy atom. The zero-order valence-electron chi connectivity index (χ0n) is 20.4. The van der Waals surface area contributed by atoms with E-state index < -0.39 is 41.2 Å². The quantitative estimate of drug-likeness (QED) is 0.336. The van der Waals surface area contributed by atoms with E-state index in [4.69, 9.17) is 5.73 Å². The van der Waals surface area contributed by atoms with Gasteiger partial charge in [0.1, 0.15) is 44.9 Å². The molecular weight excluding hydrogens is 541 g/mol. The Kier molecular flexibility index (Phi) is 7.94. The summed E-state index contributed by atoms with van der Waals surface area (Å²) in [5.74, 6) is -2.71. The van der Waals surface area contributed by atoms with E-state index in [0.717, 1.165) is 11.3 Å². The van der Waals surface area contributed by atoms with Gasteiger partial charge in [0, 0.05) is 25.1 Å². The summed E-state index contributed by atoms with van der Waals surface area (Å²) in [5.41, 5.74) is 4.15. The highest BCUT2D eigenvalue weighted by atomic mass is 32.1. The lowest BCUT2D eigenvalue weighted by Gasteiger charge is -2.31. The second-order valence-electron chi connectivity index (χ2n) is 8.72. The maximum atomic E-state index is 13.0. The molecule has 0 saturated carbocycles. The number of carbonyl (C=O) groups excluding carboxylic acids is 3. The van der Waals surface area contributed by atoms with E-state index in [1.165, 1.54) is 18.6 Å². The molecule has 3 amide bonds. The maximum Gasteiger partial charge on any atom is 0.420 e. The number of primary amides is 1. The molecule has 1 aliphatic rings. The van der Waals surface area contributed by atoms with Gasteiger partial charge in [-0.25, -0.2) is 19.9 Å². The van der Waals surface area contributed by atoms with Gasteiger partial charge in [-0.2, -0.15) is 13.2 Å². The van der Waals surface area contributed by atoms with Crippen molar-refractivity contribution in [1.29, 1.82) is 0 Å². The SMILES string of the molecule is CC(NC(=O)c1cc(N2CCC(C(N)=O)CC2)ncn1)c1ncc(C(=O)Nc2cc(C(F)(F)F)c(O)cn2)s1. The number of hydrogen-bond acceptors (Lipinski definition) is 10. The van der Waals surface area contributed by atoms with Crippen molar-refractivity contribution < 1.29 is 32.7 Å². The summed E-state index contributed by atoms with van der Waals surface area (Å²) in [4.78, 5) is 54.7. The minimum absolute atomic E-state index is 0.0678. The lowest BCUT2D eigenvalue weighted by Crippen LogP contribution is -2.39. The van der Waals surface area contributed by atoms with E-state index in [1.54, 1.807) is 6.92 Å². The van der Waals surface area contributed by atoms with Gasteiger partial charge in [0.2, 0.25) is 5.91 Å². The van der Waals surface area contributed by atoms with Crippen LogP contribution in [0.2, 0.25) is 0 Å². The molecule has 1 atom stereocenters. The van der Waals surface area contributed by atoms with Crippen molar-refractivity contribution in [3.05, 3.63) is 52.0 Å². The fourth-order valence-corrected chi connectivity index (χ4v) is 4.70. The normalized spacial score (nSPS) is 15.0. The van der Waals surface area contributed by atoms with Gasteiger partial charge in [-0.15, -0.1) is 11.3 Å². The fraction of sp³-hybridized carbons (Fsp3) is 0.348. The Balaban J connectivity index is 1.38. The van der Waals surface area contributed by atoms with Crippen LogP contribution in [0.1, 0.15) is 56.5 Å². The predicted molar refractivity (Wildman–Crippen MR) is 133 cm³/mol. The van der Waals surface area contributed by atoms with Crippen molar-refractivity contribution in [2.75, 3.05) is 23.3 Å². The second kappa shape index (κ2) is 11.2. The number of thiazole rings is 1. The van der Waals surface area contributed by atoms with Crippen LogP contribution in [0.5, 0.6) is 5.75 Å². The van der Waals surface area contributed by atoms with Crippen LogP contribution in [0.3, 0.4) is 0 Å². The van der Waals surface area contributed by atoms with Crippen molar-refractivity contribution in [1.82, 2.24) is 25.3 Å². The summed E-state index contributed by atoms with van der Waals surface area (Å²) in [6, 6.07) is 1.43. The minimum Gasteiger partial charge on any atom is -0.506 e. The molecule has 3 aromatic rings. The highest BCUT2D eigenvalue weighted by Crippen LogP contribution is 2.36. The van der Waals surface area contributed by atoms with E-state index in [1.807, 2.05) is 4.90 Å². The van der Waals surface area contributed by atoms with Gasteiger partial charge >= 0.3 is 6.18 Å². The van der Waals surface area contributed by atoms with Crippen LogP contribution in [0, 0.1) is 5.92 Å². The number of pyridine rings is 1. The Labute approximate surface area is 223 Å². The first kappa shape index (κ1) is 27.7. The Hall–Kier alpha value is -4.34. The molecule has 0 aliphatic carbocycles. The van der Waals surface area contributed by atoms with Gasteiger partial charge in [-0.05, 0) is 25.8 Å². The number of nitrogens with two attached hydrogens (primary N) is 1. The van der Waals surface area contributed by atoms with Crippen molar-refractivity contribution in [2.45, 2.75) is 32.0 Å². The van der Waals surface area contributed by atoms with Crippen LogP contribution in [0.15, 0.2) is 30.9 Å². The van der Waals surface area contributed by atoms with Crippen LogP contribution in [-0.4, -0.2) is 55.9 Å². The average molecular weight is 565 g/mol. The third-order valence-electron chi connectivity index (χ3n) is 6.00. The Bertz CT molecular complexity index is 1390. The number of amides is 3. The molecule has 1 fully saturated rings. The fourth-order valence-electron chi connectivity index (χ4n) is 3.88. The zero-order valence-corrected chi connectivity index (χ0v) is 21.2. The molecule has 39 heavy (non-hydrogen) atoms. The molecule has 4 heterocycles. The number of halogens is 3. The third-order valence-corrected chi connectivity index (χ3v) is 7.18. The Morgan fingerprint density at radius 2 is 1.82 bits per heavy atom. The van der Waals surface area contributed by atoms with E-state index in [0.29, 0.717) is 49.0 Å². The Morgan fingerprint density at radius 1 is 1.10 bits per heavy atom. The number of nitrogens with zero attached hydrogens (tertiary/aromatic N) is 5. The number of carbonyl (C=O) groups is 3. The van der Waals surface area contributed by atoms with Gasteiger partial charge in [-0.1, -0.05) is 0 Å². The number of aromatic nitrogens is 4. The molecule has 1 saturated heterocycles. The first-order valence-corrected chi connectivity index (χ1v) is 12.4. The molecule has 206 valence electrons. The number of piperidine rings is 1. The number of hydrogen-bond donors (Lipinski definition) is 4. The lowest BCUT2D eigenvalue weighted by molar-refractivity contribution is -0.138. The molecule has 1 unspecified atom stereocenters. The predicted octanol–water partition coefficient (Wildman–Crippen LogP) is 2.50. The first-order valence-electron chi connectivity index (χ1n) is 11.6. The first-order chi connectivity index (χ1) is 18.4. The van der Waals surface area contributed by atoms with Gasteiger partial charge in [0.15, 0.2) is 0 Å². The number of aromatic hydroxyl groups is 1. The van der Waals surface area contributed by atoms with E-state index in [-0.39, 0.29) is 22.4 Å². The molecule has 0 radical (unpaired) electrons. The third kappa shape index (κ3) is 6.57. The topological polar surface area (TPSA) is 176 Å². The number of anilines is 2. The van der Waals surface area contributed by atoms with Crippen LogP contribution in [0.4, 0.5) is 24.8 Å². The van der Waals surface area contributed by atoms with Crippen LogP contribution < -0.4 is 21.3 Å². The molecule has 1 aliphatic heterocycles. The van der Waals surface area contributed by atoms with Crippen LogP contribution in [0.25, 0.3) is 0 Å². The average Bonchev–Trinajstić information content (AvgIpc) is 3.40. The van der Waals surface area contributed by atoms with Gasteiger partial charge in [0.05, 0.1) is 18.4 Å². The van der Waals surface area contributed by atoms with Crippen LogP contribution >= 0.6 is 11.3 Å². The molecule has 12 nitrogen and oxygen atoms in total. The summed E-state index contributed by atoms with van der Waals surface area (Å²) in [5, 5.41) is 14.7. The zero-order chi connectivity index (χ0) is 28.3. The van der Waals surface area contributed by atoms with Gasteiger partial charge < -0.3 is 26.4 Å². The van der Waals surface area contributed by atoms with Crippen molar-refractivity contribution in [2.24, 2.45) is 11.7 Å². The van der Waals surface area contributed by atoms with Crippen LogP contribution in [-0.2, 0) is 11.0 Å². The number of rotatable bonds is 7. The molecule has 3 aromatic heterocycles. The van der Waals surface area contributed by atoms with Crippen molar-refractivity contribution in [3.8, 4) is 5.75 Å². The molecule has 16 heteroatoms. The molecule has 4 rings (SSSR count). The van der Waals surface area contributed by atoms with Crippen molar-refractivity contribution >= 4 is 40.7 Å². The molecular formula is C23H23F3N8O4S.